The molecule has 2 fully saturated rings. The molecule has 1 amide bonds. The van der Waals surface area contributed by atoms with Crippen LogP contribution >= 0.6 is 0 Å². The maximum atomic E-state index is 12.0. The zero-order chi connectivity index (χ0) is 11.5. The molecular weight excluding hydrogens is 200 g/mol. The summed E-state index contributed by atoms with van der Waals surface area (Å²) >= 11 is 0. The minimum absolute atomic E-state index is 0.339. The molecule has 1 N–H and O–H groups in total. The van der Waals surface area contributed by atoms with Crippen LogP contribution in [0.15, 0.2) is 0 Å². The monoisotopic (exact) mass is 224 g/mol. The van der Waals surface area contributed by atoms with Crippen molar-refractivity contribution >= 4 is 5.91 Å². The van der Waals surface area contributed by atoms with Gasteiger partial charge in [0.25, 0.3) is 0 Å². The van der Waals surface area contributed by atoms with Crippen molar-refractivity contribution in [2.24, 2.45) is 11.8 Å². The van der Waals surface area contributed by atoms with Crippen molar-refractivity contribution in [3.63, 3.8) is 0 Å². The van der Waals surface area contributed by atoms with Crippen LogP contribution in [0.5, 0.6) is 0 Å². The molecule has 0 aromatic rings. The Kier molecular flexibility index (Phi) is 3.85. The van der Waals surface area contributed by atoms with Gasteiger partial charge in [0, 0.05) is 19.5 Å². The van der Waals surface area contributed by atoms with Gasteiger partial charge in [-0.1, -0.05) is 0 Å². The Hall–Kier alpha value is -0.570. The zero-order valence-electron chi connectivity index (χ0n) is 10.5. The molecule has 0 radical (unpaired) electrons. The first-order chi connectivity index (χ1) is 7.68. The summed E-state index contributed by atoms with van der Waals surface area (Å²) in [5.41, 5.74) is 0. The zero-order valence-corrected chi connectivity index (χ0v) is 10.5. The van der Waals surface area contributed by atoms with Gasteiger partial charge in [-0.15, -0.1) is 0 Å². The topological polar surface area (TPSA) is 32.3 Å². The molecule has 3 nitrogen and oxygen atoms in total. The molecule has 3 heteroatoms. The molecule has 92 valence electrons. The Morgan fingerprint density at radius 3 is 2.75 bits per heavy atom. The Labute approximate surface area is 98.6 Å². The smallest absolute Gasteiger partial charge is 0.222 e. The third kappa shape index (κ3) is 2.97. The minimum atomic E-state index is 0.339. The first-order valence-electron chi connectivity index (χ1n) is 6.65. The molecule has 1 aliphatic heterocycles. The number of nitrogens with one attached hydrogen (secondary N) is 1. The van der Waals surface area contributed by atoms with Crippen LogP contribution in [0.4, 0.5) is 0 Å². The van der Waals surface area contributed by atoms with E-state index in [2.05, 4.69) is 12.2 Å². The second-order valence-corrected chi connectivity index (χ2v) is 5.48. The predicted octanol–water partition coefficient (Wildman–Crippen LogP) is 1.63. The van der Waals surface area contributed by atoms with Crippen LogP contribution in [-0.4, -0.2) is 37.0 Å². The van der Waals surface area contributed by atoms with Crippen molar-refractivity contribution in [2.45, 2.75) is 45.1 Å². The van der Waals surface area contributed by atoms with Gasteiger partial charge in [0.15, 0.2) is 0 Å². The average molecular weight is 224 g/mol. The molecule has 0 bridgehead atoms. The largest absolute Gasteiger partial charge is 0.343 e. The first kappa shape index (κ1) is 11.9. The Morgan fingerprint density at radius 1 is 1.44 bits per heavy atom. The highest BCUT2D eigenvalue weighted by Crippen LogP contribution is 2.34. The highest BCUT2D eigenvalue weighted by molar-refractivity contribution is 5.76. The Bertz CT molecular complexity index is 244. The molecule has 2 rings (SSSR count). The molecule has 1 saturated carbocycles. The van der Waals surface area contributed by atoms with Crippen LogP contribution in [0.25, 0.3) is 0 Å². The van der Waals surface area contributed by atoms with Crippen LogP contribution in [0, 0.1) is 11.8 Å². The summed E-state index contributed by atoms with van der Waals surface area (Å²) in [5, 5.41) is 3.35. The summed E-state index contributed by atoms with van der Waals surface area (Å²) in [6.07, 6.45) is 5.67. The summed E-state index contributed by atoms with van der Waals surface area (Å²) in [5.74, 6) is 1.85. The van der Waals surface area contributed by atoms with Gasteiger partial charge in [0.05, 0.1) is 0 Å². The average Bonchev–Trinajstić information content (AvgIpc) is 3.01. The molecule has 1 heterocycles. The third-order valence-corrected chi connectivity index (χ3v) is 4.24. The van der Waals surface area contributed by atoms with E-state index in [-0.39, 0.29) is 0 Å². The quantitative estimate of drug-likeness (QED) is 0.770. The lowest BCUT2D eigenvalue weighted by Crippen LogP contribution is -2.36. The standard InChI is InChI=1S/C13H24N2O/c1-10(12-4-5-12)15(2)13(16)6-3-11-7-8-14-9-11/h10-12,14H,3-9H2,1-2H3. The van der Waals surface area contributed by atoms with Gasteiger partial charge in [0.2, 0.25) is 5.91 Å². The summed E-state index contributed by atoms with van der Waals surface area (Å²) in [6.45, 7) is 4.43. The van der Waals surface area contributed by atoms with Gasteiger partial charge in [-0.05, 0) is 57.5 Å². The molecule has 16 heavy (non-hydrogen) atoms. The van der Waals surface area contributed by atoms with Gasteiger partial charge in [-0.3, -0.25) is 4.79 Å². The number of rotatable bonds is 5. The van der Waals surface area contributed by atoms with Crippen LogP contribution in [0.3, 0.4) is 0 Å². The molecule has 2 aliphatic rings. The van der Waals surface area contributed by atoms with E-state index in [0.29, 0.717) is 11.9 Å². The Morgan fingerprint density at radius 2 is 2.19 bits per heavy atom. The lowest BCUT2D eigenvalue weighted by molar-refractivity contribution is -0.132. The maximum Gasteiger partial charge on any atom is 0.222 e. The van der Waals surface area contributed by atoms with E-state index in [0.717, 1.165) is 37.8 Å². The summed E-state index contributed by atoms with van der Waals surface area (Å²) < 4.78 is 0. The third-order valence-electron chi connectivity index (χ3n) is 4.24. The Balaban J connectivity index is 1.69. The normalized spacial score (nSPS) is 26.8. The summed E-state index contributed by atoms with van der Waals surface area (Å²) in [7, 11) is 1.97. The number of amides is 1. The van der Waals surface area contributed by atoms with Gasteiger partial charge in [0.1, 0.15) is 0 Å². The van der Waals surface area contributed by atoms with E-state index in [1.165, 1.54) is 19.3 Å². The van der Waals surface area contributed by atoms with Crippen LogP contribution < -0.4 is 5.32 Å². The van der Waals surface area contributed by atoms with Crippen molar-refractivity contribution < 1.29 is 4.79 Å². The number of hydrogen-bond donors (Lipinski definition) is 1. The fourth-order valence-electron chi connectivity index (χ4n) is 2.59. The molecule has 2 atom stereocenters. The number of carbonyl (C=O) groups is 1. The van der Waals surface area contributed by atoms with Crippen molar-refractivity contribution in [3.8, 4) is 0 Å². The molecule has 1 aliphatic carbocycles. The number of carbonyl (C=O) groups excluding carboxylic acids is 1. The van der Waals surface area contributed by atoms with Crippen LogP contribution in [0.2, 0.25) is 0 Å². The van der Waals surface area contributed by atoms with E-state index in [9.17, 15) is 4.79 Å². The second kappa shape index (κ2) is 5.17. The van der Waals surface area contributed by atoms with Gasteiger partial charge < -0.3 is 10.2 Å². The maximum absolute atomic E-state index is 12.0. The first-order valence-corrected chi connectivity index (χ1v) is 6.65. The lowest BCUT2D eigenvalue weighted by atomic mass is 10.0. The number of hydrogen-bond acceptors (Lipinski definition) is 2. The van der Waals surface area contributed by atoms with Gasteiger partial charge in [-0.2, -0.15) is 0 Å². The molecular formula is C13H24N2O. The van der Waals surface area contributed by atoms with Crippen LogP contribution in [0.1, 0.15) is 39.0 Å². The molecule has 1 saturated heterocycles. The van der Waals surface area contributed by atoms with E-state index < -0.39 is 0 Å². The summed E-state index contributed by atoms with van der Waals surface area (Å²) in [4.78, 5) is 14.0. The van der Waals surface area contributed by atoms with Gasteiger partial charge >= 0.3 is 0 Å². The predicted molar refractivity (Wildman–Crippen MR) is 65.2 cm³/mol. The minimum Gasteiger partial charge on any atom is -0.343 e. The highest BCUT2D eigenvalue weighted by atomic mass is 16.2. The number of nitrogens with zero attached hydrogens (tertiary/aromatic N) is 1. The molecule has 0 spiro atoms. The van der Waals surface area contributed by atoms with Gasteiger partial charge in [-0.25, -0.2) is 0 Å². The van der Waals surface area contributed by atoms with E-state index in [1.54, 1.807) is 0 Å². The lowest BCUT2D eigenvalue weighted by Gasteiger charge is -2.25. The highest BCUT2D eigenvalue weighted by Gasteiger charge is 2.32. The van der Waals surface area contributed by atoms with E-state index >= 15 is 0 Å². The second-order valence-electron chi connectivity index (χ2n) is 5.48. The van der Waals surface area contributed by atoms with Crippen molar-refractivity contribution in [2.75, 3.05) is 20.1 Å². The molecule has 2 unspecified atom stereocenters. The fraction of sp³-hybridized carbons (Fsp3) is 0.923. The SMILES string of the molecule is CC(C1CC1)N(C)C(=O)CCC1CCNC1. The van der Waals surface area contributed by atoms with Crippen molar-refractivity contribution in [1.82, 2.24) is 10.2 Å². The van der Waals surface area contributed by atoms with Crippen molar-refractivity contribution in [3.05, 3.63) is 0 Å². The molecule has 0 aromatic carbocycles. The van der Waals surface area contributed by atoms with Crippen molar-refractivity contribution in [1.29, 1.82) is 0 Å². The summed E-state index contributed by atoms with van der Waals surface area (Å²) in [6, 6.07) is 0.453. The molecule has 0 aromatic heterocycles. The van der Waals surface area contributed by atoms with E-state index in [1.807, 2.05) is 11.9 Å². The fourth-order valence-corrected chi connectivity index (χ4v) is 2.59. The van der Waals surface area contributed by atoms with E-state index in [4.69, 9.17) is 0 Å². The van der Waals surface area contributed by atoms with Crippen LogP contribution in [-0.2, 0) is 4.79 Å².